The number of hydrogen-bond donors (Lipinski definition) is 0. The van der Waals surface area contributed by atoms with Gasteiger partial charge in [0.05, 0.1) is 12.7 Å². The summed E-state index contributed by atoms with van der Waals surface area (Å²) in [4.78, 5) is 11.6. The molecule has 124 valence electrons. The predicted molar refractivity (Wildman–Crippen MR) is 71.9 cm³/mol. The van der Waals surface area contributed by atoms with Crippen LogP contribution in [0, 0.1) is 5.92 Å². The first-order chi connectivity index (χ1) is 9.98. The second-order valence-electron chi connectivity index (χ2n) is 4.89. The summed E-state index contributed by atoms with van der Waals surface area (Å²) in [5.74, 6) is -1.10. The summed E-state index contributed by atoms with van der Waals surface area (Å²) in [5.41, 5.74) is -5.03. The van der Waals surface area contributed by atoms with Gasteiger partial charge >= 0.3 is 21.6 Å². The Labute approximate surface area is 126 Å². The van der Waals surface area contributed by atoms with Crippen LogP contribution >= 0.6 is 0 Å². The number of alkyl halides is 3. The van der Waals surface area contributed by atoms with Gasteiger partial charge in [0.1, 0.15) is 5.75 Å². The number of rotatable bonds is 5. The van der Waals surface area contributed by atoms with Crippen LogP contribution in [-0.2, 0) is 21.3 Å². The molecule has 0 saturated heterocycles. The fraction of sp³-hybridized carbons (Fsp3) is 0.462. The summed E-state index contributed by atoms with van der Waals surface area (Å²) >= 11 is 0. The molecular weight excluding hydrogens is 325 g/mol. The van der Waals surface area contributed by atoms with E-state index in [-0.39, 0.29) is 11.5 Å². The second kappa shape index (κ2) is 6.55. The first-order valence-corrected chi connectivity index (χ1v) is 7.60. The van der Waals surface area contributed by atoms with E-state index in [4.69, 9.17) is 0 Å². The smallest absolute Gasteiger partial charge is 0.465 e. The van der Waals surface area contributed by atoms with Crippen molar-refractivity contribution in [2.24, 2.45) is 5.92 Å². The zero-order valence-electron chi connectivity index (χ0n) is 12.1. The molecule has 9 heteroatoms. The molecule has 0 aliphatic rings. The molecule has 0 aromatic heterocycles. The highest BCUT2D eigenvalue weighted by molar-refractivity contribution is 7.88. The number of carbonyl (C=O) groups excluding carboxylic acids is 1. The number of halogens is 3. The lowest BCUT2D eigenvalue weighted by atomic mass is 9.98. The maximum absolute atomic E-state index is 12.3. The van der Waals surface area contributed by atoms with Gasteiger partial charge in [-0.3, -0.25) is 0 Å². The first-order valence-electron chi connectivity index (χ1n) is 6.20. The lowest BCUT2D eigenvalue weighted by molar-refractivity contribution is -0.0500. The quantitative estimate of drug-likeness (QED) is 0.468. The lowest BCUT2D eigenvalue weighted by Crippen LogP contribution is -2.28. The van der Waals surface area contributed by atoms with Gasteiger partial charge < -0.3 is 8.92 Å². The molecule has 0 heterocycles. The van der Waals surface area contributed by atoms with Gasteiger partial charge in [0.2, 0.25) is 0 Å². The molecule has 0 spiro atoms. The molecule has 0 aliphatic heterocycles. The lowest BCUT2D eigenvalue weighted by Gasteiger charge is -2.13. The fourth-order valence-electron chi connectivity index (χ4n) is 1.71. The third-order valence-corrected chi connectivity index (χ3v) is 3.58. The summed E-state index contributed by atoms with van der Waals surface area (Å²) < 4.78 is 67.5. The van der Waals surface area contributed by atoms with E-state index in [0.29, 0.717) is 12.0 Å². The minimum Gasteiger partial charge on any atom is -0.465 e. The Bertz CT molecular complexity index is 650. The summed E-state index contributed by atoms with van der Waals surface area (Å²) in [5, 5.41) is 0. The number of esters is 1. The van der Waals surface area contributed by atoms with Gasteiger partial charge in [0.15, 0.2) is 0 Å². The number of ether oxygens (including phenoxy) is 1. The third kappa shape index (κ3) is 4.36. The van der Waals surface area contributed by atoms with E-state index in [9.17, 15) is 26.4 Å². The SMILES string of the molecule is COC(=O)c1ccc(OS(=O)(=O)C(F)(F)F)cc1CC(C)C. The summed E-state index contributed by atoms with van der Waals surface area (Å²) in [6, 6.07) is 3.24. The van der Waals surface area contributed by atoms with Crippen LogP contribution < -0.4 is 4.18 Å². The third-order valence-electron chi connectivity index (χ3n) is 2.60. The maximum atomic E-state index is 12.3. The van der Waals surface area contributed by atoms with Gasteiger partial charge in [-0.2, -0.15) is 21.6 Å². The monoisotopic (exact) mass is 340 g/mol. The minimum absolute atomic E-state index is 0.0814. The molecule has 0 amide bonds. The van der Waals surface area contributed by atoms with Gasteiger partial charge in [0.25, 0.3) is 0 Å². The average Bonchev–Trinajstić information content (AvgIpc) is 2.35. The van der Waals surface area contributed by atoms with Crippen molar-refractivity contribution in [3.05, 3.63) is 29.3 Å². The number of hydrogen-bond acceptors (Lipinski definition) is 5. The first kappa shape index (κ1) is 18.3. The van der Waals surface area contributed by atoms with Crippen molar-refractivity contribution >= 4 is 16.1 Å². The van der Waals surface area contributed by atoms with Crippen LogP contribution in [-0.4, -0.2) is 27.0 Å². The highest BCUT2D eigenvalue weighted by atomic mass is 32.2. The summed E-state index contributed by atoms with van der Waals surface area (Å²) in [7, 11) is -4.58. The van der Waals surface area contributed by atoms with Gasteiger partial charge in [-0.25, -0.2) is 4.79 Å². The van der Waals surface area contributed by atoms with Crippen molar-refractivity contribution in [2.45, 2.75) is 25.8 Å². The molecule has 22 heavy (non-hydrogen) atoms. The van der Waals surface area contributed by atoms with Crippen LogP contribution in [0.4, 0.5) is 13.2 Å². The van der Waals surface area contributed by atoms with Gasteiger partial charge in [-0.15, -0.1) is 0 Å². The summed E-state index contributed by atoms with van der Waals surface area (Å²) in [6.07, 6.45) is 0.341. The number of benzene rings is 1. The van der Waals surface area contributed by atoms with Gasteiger partial charge in [-0.1, -0.05) is 13.8 Å². The molecule has 1 rings (SSSR count). The van der Waals surface area contributed by atoms with E-state index in [0.717, 1.165) is 12.1 Å². The van der Waals surface area contributed by atoms with Crippen LogP contribution in [0.2, 0.25) is 0 Å². The Balaban J connectivity index is 3.22. The van der Waals surface area contributed by atoms with Crippen LogP contribution in [0.15, 0.2) is 18.2 Å². The molecule has 0 aliphatic carbocycles. The van der Waals surface area contributed by atoms with Crippen LogP contribution in [0.25, 0.3) is 0 Å². The molecule has 0 radical (unpaired) electrons. The number of carbonyl (C=O) groups is 1. The van der Waals surface area contributed by atoms with Crippen molar-refractivity contribution in [1.29, 1.82) is 0 Å². The molecule has 5 nitrogen and oxygen atoms in total. The van der Waals surface area contributed by atoms with Crippen LogP contribution in [0.5, 0.6) is 5.75 Å². The van der Waals surface area contributed by atoms with E-state index >= 15 is 0 Å². The van der Waals surface area contributed by atoms with Gasteiger partial charge in [-0.05, 0) is 36.1 Å². The van der Waals surface area contributed by atoms with Crippen LogP contribution in [0.1, 0.15) is 29.8 Å². The van der Waals surface area contributed by atoms with Crippen LogP contribution in [0.3, 0.4) is 0 Å². The zero-order chi connectivity index (χ0) is 17.1. The van der Waals surface area contributed by atoms with Gasteiger partial charge in [0, 0.05) is 0 Å². The number of methoxy groups -OCH3 is 1. The normalized spacial score (nSPS) is 12.3. The largest absolute Gasteiger partial charge is 0.534 e. The fourth-order valence-corrected chi connectivity index (χ4v) is 2.17. The van der Waals surface area contributed by atoms with E-state index in [1.54, 1.807) is 0 Å². The van der Waals surface area contributed by atoms with Crippen molar-refractivity contribution in [1.82, 2.24) is 0 Å². The van der Waals surface area contributed by atoms with E-state index in [2.05, 4.69) is 8.92 Å². The molecule has 0 fully saturated rings. The molecule has 0 bridgehead atoms. The van der Waals surface area contributed by atoms with E-state index < -0.39 is 27.3 Å². The van der Waals surface area contributed by atoms with Crippen molar-refractivity contribution in [2.75, 3.05) is 7.11 Å². The van der Waals surface area contributed by atoms with Crippen molar-refractivity contribution in [3.8, 4) is 5.75 Å². The molecule has 1 aromatic rings. The highest BCUT2D eigenvalue weighted by Gasteiger charge is 2.48. The average molecular weight is 340 g/mol. The van der Waals surface area contributed by atoms with E-state index in [1.165, 1.54) is 13.2 Å². The Kier molecular flexibility index (Phi) is 5.44. The molecule has 1 aromatic carbocycles. The van der Waals surface area contributed by atoms with Crippen molar-refractivity contribution < 1.29 is 35.3 Å². The molecule has 0 unspecified atom stereocenters. The topological polar surface area (TPSA) is 69.7 Å². The Hall–Kier alpha value is -1.77. The molecule has 0 saturated carbocycles. The second-order valence-corrected chi connectivity index (χ2v) is 6.43. The molecule has 0 N–H and O–H groups in total. The Morgan fingerprint density at radius 2 is 1.86 bits per heavy atom. The summed E-state index contributed by atoms with van der Waals surface area (Å²) in [6.45, 7) is 3.67. The molecular formula is C13H15F3O5S. The van der Waals surface area contributed by atoms with E-state index in [1.807, 2.05) is 13.8 Å². The Morgan fingerprint density at radius 1 is 1.27 bits per heavy atom. The Morgan fingerprint density at radius 3 is 2.32 bits per heavy atom. The predicted octanol–water partition coefficient (Wildman–Crippen LogP) is 2.90. The maximum Gasteiger partial charge on any atom is 0.534 e. The van der Waals surface area contributed by atoms with Crippen molar-refractivity contribution in [3.63, 3.8) is 0 Å². The molecule has 0 atom stereocenters. The zero-order valence-corrected chi connectivity index (χ0v) is 12.9. The standard InChI is InChI=1S/C13H15F3O5S/c1-8(2)6-9-7-10(4-5-11(9)12(17)20-3)21-22(18,19)13(14,15)16/h4-5,7-8H,6H2,1-3H3. The highest BCUT2D eigenvalue weighted by Crippen LogP contribution is 2.29. The minimum atomic E-state index is -5.75.